The standard InChI is InChI=1S/C34H51N3O6/c1-8-9-10-11-12-15-22-37(32(40)28(23-24(2)3)36-33(41)43-34(4,5)6)30(27-16-13-14-17-29(27)38)31(39)35-25-18-20-26(42-7)21-19-25/h13-14,16-21,24,28,30,38H,8-12,15,22-23H2,1-7H3,(H,35,39)(H,36,41). The molecule has 3 amide bonds. The molecule has 0 heterocycles. The number of unbranched alkanes of at least 4 members (excludes halogenated alkanes) is 5. The van der Waals surface area contributed by atoms with Gasteiger partial charge < -0.3 is 30.1 Å². The minimum absolute atomic E-state index is 0.0662. The molecule has 0 fully saturated rings. The third kappa shape index (κ3) is 12.2. The Bertz CT molecular complexity index is 1160. The number of nitrogens with zero attached hydrogens (tertiary/aromatic N) is 1. The first-order valence-electron chi connectivity index (χ1n) is 15.4. The molecule has 0 spiro atoms. The minimum atomic E-state index is -1.15. The number of benzene rings is 2. The number of amides is 3. The molecule has 0 saturated carbocycles. The van der Waals surface area contributed by atoms with Gasteiger partial charge in [-0.2, -0.15) is 0 Å². The maximum absolute atomic E-state index is 14.4. The number of hydrogen-bond donors (Lipinski definition) is 3. The second-order valence-electron chi connectivity index (χ2n) is 12.3. The molecule has 43 heavy (non-hydrogen) atoms. The Labute approximate surface area is 257 Å². The summed E-state index contributed by atoms with van der Waals surface area (Å²) in [4.78, 5) is 42.7. The van der Waals surface area contributed by atoms with Gasteiger partial charge in [-0.15, -0.1) is 0 Å². The number of methoxy groups -OCH3 is 1. The lowest BCUT2D eigenvalue weighted by Crippen LogP contribution is -2.53. The number of phenols is 1. The molecule has 9 nitrogen and oxygen atoms in total. The first-order valence-corrected chi connectivity index (χ1v) is 15.4. The lowest BCUT2D eigenvalue weighted by atomic mass is 9.98. The molecule has 0 saturated heterocycles. The highest BCUT2D eigenvalue weighted by atomic mass is 16.6. The molecule has 2 rings (SSSR count). The molecule has 0 bridgehead atoms. The third-order valence-electron chi connectivity index (χ3n) is 6.88. The first-order chi connectivity index (χ1) is 20.4. The van der Waals surface area contributed by atoms with Crippen LogP contribution in [0, 0.1) is 5.92 Å². The van der Waals surface area contributed by atoms with E-state index in [9.17, 15) is 19.5 Å². The van der Waals surface area contributed by atoms with Crippen molar-refractivity contribution in [2.45, 2.75) is 104 Å². The van der Waals surface area contributed by atoms with Crippen LogP contribution in [0.4, 0.5) is 10.5 Å². The Morgan fingerprint density at radius 3 is 2.14 bits per heavy atom. The number of para-hydroxylation sites is 1. The summed E-state index contributed by atoms with van der Waals surface area (Å²) < 4.78 is 10.7. The second kappa shape index (κ2) is 17.4. The van der Waals surface area contributed by atoms with Gasteiger partial charge in [0.2, 0.25) is 5.91 Å². The molecule has 2 aromatic carbocycles. The monoisotopic (exact) mass is 597 g/mol. The normalized spacial score (nSPS) is 12.7. The van der Waals surface area contributed by atoms with Crippen molar-refractivity contribution in [2.75, 3.05) is 19.0 Å². The van der Waals surface area contributed by atoms with Gasteiger partial charge in [0.05, 0.1) is 7.11 Å². The number of hydrogen-bond acceptors (Lipinski definition) is 6. The minimum Gasteiger partial charge on any atom is -0.508 e. The zero-order valence-electron chi connectivity index (χ0n) is 26.9. The number of rotatable bonds is 16. The highest BCUT2D eigenvalue weighted by Crippen LogP contribution is 2.32. The van der Waals surface area contributed by atoms with Crippen LogP contribution in [-0.2, 0) is 14.3 Å². The zero-order valence-corrected chi connectivity index (χ0v) is 26.9. The lowest BCUT2D eigenvalue weighted by molar-refractivity contribution is -0.141. The van der Waals surface area contributed by atoms with Crippen LogP contribution in [-0.4, -0.2) is 53.2 Å². The molecule has 0 aliphatic rings. The van der Waals surface area contributed by atoms with E-state index in [4.69, 9.17) is 9.47 Å². The quantitative estimate of drug-likeness (QED) is 0.176. The van der Waals surface area contributed by atoms with E-state index in [1.54, 1.807) is 70.3 Å². The molecule has 0 aliphatic heterocycles. The molecular weight excluding hydrogens is 546 g/mol. The number of alkyl carbamates (subject to hydrolysis) is 1. The van der Waals surface area contributed by atoms with Gasteiger partial charge in [-0.3, -0.25) is 9.59 Å². The van der Waals surface area contributed by atoms with Gasteiger partial charge in [-0.05, 0) is 69.9 Å². The van der Waals surface area contributed by atoms with Crippen molar-refractivity contribution < 1.29 is 29.0 Å². The molecule has 3 N–H and O–H groups in total. The van der Waals surface area contributed by atoms with Crippen molar-refractivity contribution in [3.8, 4) is 11.5 Å². The fraction of sp³-hybridized carbons (Fsp3) is 0.559. The van der Waals surface area contributed by atoms with E-state index in [-0.39, 0.29) is 18.2 Å². The van der Waals surface area contributed by atoms with E-state index in [0.29, 0.717) is 29.8 Å². The first kappa shape index (κ1) is 35.4. The van der Waals surface area contributed by atoms with E-state index < -0.39 is 35.6 Å². The van der Waals surface area contributed by atoms with Crippen molar-refractivity contribution in [1.82, 2.24) is 10.2 Å². The second-order valence-corrected chi connectivity index (χ2v) is 12.3. The molecule has 2 aromatic rings. The summed E-state index contributed by atoms with van der Waals surface area (Å²) in [5.74, 6) is -0.284. The maximum atomic E-state index is 14.4. The molecular formula is C34H51N3O6. The number of aromatic hydroxyl groups is 1. The highest BCUT2D eigenvalue weighted by molar-refractivity contribution is 5.99. The summed E-state index contributed by atoms with van der Waals surface area (Å²) in [6, 6.07) is 11.3. The van der Waals surface area contributed by atoms with E-state index in [2.05, 4.69) is 17.6 Å². The van der Waals surface area contributed by atoms with Gasteiger partial charge in [-0.25, -0.2) is 4.79 Å². The van der Waals surface area contributed by atoms with Crippen LogP contribution in [0.1, 0.15) is 98.1 Å². The molecule has 0 aliphatic carbocycles. The van der Waals surface area contributed by atoms with Crippen LogP contribution in [0.5, 0.6) is 11.5 Å². The molecule has 0 aromatic heterocycles. The number of nitrogens with one attached hydrogen (secondary N) is 2. The Morgan fingerprint density at radius 2 is 1.56 bits per heavy atom. The Balaban J connectivity index is 2.51. The van der Waals surface area contributed by atoms with Crippen molar-refractivity contribution in [3.63, 3.8) is 0 Å². The number of ether oxygens (including phenoxy) is 2. The van der Waals surface area contributed by atoms with Gasteiger partial charge in [0.1, 0.15) is 29.2 Å². The molecule has 9 heteroatoms. The Hall–Kier alpha value is -3.75. The van der Waals surface area contributed by atoms with Crippen LogP contribution < -0.4 is 15.4 Å². The fourth-order valence-electron chi connectivity index (χ4n) is 4.83. The van der Waals surface area contributed by atoms with Gasteiger partial charge in [0, 0.05) is 17.8 Å². The summed E-state index contributed by atoms with van der Waals surface area (Å²) in [5, 5.41) is 16.6. The Kier molecular flexibility index (Phi) is 14.3. The van der Waals surface area contributed by atoms with Crippen molar-refractivity contribution in [2.24, 2.45) is 5.92 Å². The van der Waals surface area contributed by atoms with Gasteiger partial charge >= 0.3 is 6.09 Å². The van der Waals surface area contributed by atoms with E-state index in [0.717, 1.165) is 32.1 Å². The average Bonchev–Trinajstić information content (AvgIpc) is 2.93. The summed E-state index contributed by atoms with van der Waals surface area (Å²) in [5.41, 5.74) is 0.0711. The van der Waals surface area contributed by atoms with E-state index in [1.165, 1.54) is 11.0 Å². The topological polar surface area (TPSA) is 117 Å². The maximum Gasteiger partial charge on any atom is 0.408 e. The van der Waals surface area contributed by atoms with Crippen molar-refractivity contribution in [3.05, 3.63) is 54.1 Å². The summed E-state index contributed by atoms with van der Waals surface area (Å²) in [7, 11) is 1.56. The van der Waals surface area contributed by atoms with Gasteiger partial charge in [-0.1, -0.05) is 71.1 Å². The molecule has 2 unspecified atom stereocenters. The molecule has 2 atom stereocenters. The van der Waals surface area contributed by atoms with Crippen molar-refractivity contribution in [1.29, 1.82) is 0 Å². The predicted molar refractivity (Wildman–Crippen MR) is 170 cm³/mol. The number of carbonyl (C=O) groups is 3. The SMILES string of the molecule is CCCCCCCCN(C(=O)C(CC(C)C)NC(=O)OC(C)(C)C)C(C(=O)Nc1ccc(OC)cc1)c1ccccc1O. The average molecular weight is 598 g/mol. The van der Waals surface area contributed by atoms with E-state index >= 15 is 0 Å². The predicted octanol–water partition coefficient (Wildman–Crippen LogP) is 7.21. The number of carbonyl (C=O) groups excluding carboxylic acids is 3. The lowest BCUT2D eigenvalue weighted by Gasteiger charge is -2.35. The Morgan fingerprint density at radius 1 is 0.930 bits per heavy atom. The largest absolute Gasteiger partial charge is 0.508 e. The zero-order chi connectivity index (χ0) is 32.0. The summed E-state index contributed by atoms with van der Waals surface area (Å²) in [6.45, 7) is 11.6. The fourth-order valence-corrected chi connectivity index (χ4v) is 4.83. The van der Waals surface area contributed by atoms with Gasteiger partial charge in [0.15, 0.2) is 0 Å². The smallest absolute Gasteiger partial charge is 0.408 e. The van der Waals surface area contributed by atoms with Crippen LogP contribution in [0.2, 0.25) is 0 Å². The van der Waals surface area contributed by atoms with E-state index in [1.807, 2.05) is 13.8 Å². The van der Waals surface area contributed by atoms with Crippen molar-refractivity contribution >= 4 is 23.6 Å². The van der Waals surface area contributed by atoms with Crippen LogP contribution in [0.25, 0.3) is 0 Å². The van der Waals surface area contributed by atoms with Crippen LogP contribution in [0.15, 0.2) is 48.5 Å². The highest BCUT2D eigenvalue weighted by Gasteiger charge is 2.37. The molecule has 0 radical (unpaired) electrons. The van der Waals surface area contributed by atoms with Crippen LogP contribution >= 0.6 is 0 Å². The third-order valence-corrected chi connectivity index (χ3v) is 6.88. The number of anilines is 1. The van der Waals surface area contributed by atoms with Gasteiger partial charge in [0.25, 0.3) is 5.91 Å². The summed E-state index contributed by atoms with van der Waals surface area (Å²) in [6.07, 6.45) is 5.57. The number of phenolic OH excluding ortho intramolecular Hbond substituents is 1. The summed E-state index contributed by atoms with van der Waals surface area (Å²) >= 11 is 0. The molecule has 238 valence electrons. The van der Waals surface area contributed by atoms with Crippen LogP contribution in [0.3, 0.4) is 0 Å².